The van der Waals surface area contributed by atoms with Crippen molar-refractivity contribution in [2.24, 2.45) is 0 Å². The maximum absolute atomic E-state index is 12.4. The Balaban J connectivity index is 1.72. The number of hydrogen-bond acceptors (Lipinski definition) is 5. The number of para-hydroxylation sites is 1. The Morgan fingerprint density at radius 2 is 1.86 bits per heavy atom. The predicted molar refractivity (Wildman–Crippen MR) is 77.5 cm³/mol. The number of carbonyl (C=O) groups excluding carboxylic acids is 2. The number of benzene rings is 1. The molecule has 2 amide bonds. The summed E-state index contributed by atoms with van der Waals surface area (Å²) in [4.78, 5) is 25.6. The van der Waals surface area contributed by atoms with E-state index in [1.807, 2.05) is 6.07 Å². The lowest BCUT2D eigenvalue weighted by atomic mass is 10.2. The smallest absolute Gasteiger partial charge is 0.251 e. The molecule has 0 saturated carbocycles. The van der Waals surface area contributed by atoms with Crippen molar-refractivity contribution in [1.29, 1.82) is 0 Å². The number of hydrogen-bond donors (Lipinski definition) is 1. The van der Waals surface area contributed by atoms with Crippen LogP contribution in [-0.2, 0) is 19.4 Å². The predicted octanol–water partition coefficient (Wildman–Crippen LogP) is 0.0952. The van der Waals surface area contributed by atoms with Gasteiger partial charge in [-0.2, -0.15) is 0 Å². The number of nitrogens with zero attached hydrogens (tertiary/aromatic N) is 1. The lowest BCUT2D eigenvalue weighted by Crippen LogP contribution is -2.44. The Morgan fingerprint density at radius 1 is 1.14 bits per heavy atom. The summed E-state index contributed by atoms with van der Waals surface area (Å²) in [5, 5.41) is 3.02. The molecule has 0 aromatic heterocycles. The quantitative estimate of drug-likeness (QED) is 0.801. The molecule has 6 nitrogen and oxygen atoms in total. The number of nitrogens with one attached hydrogen (secondary N) is 1. The summed E-state index contributed by atoms with van der Waals surface area (Å²) < 4.78 is 22.9. The standard InChI is InChI=1S/C14H16N2O4S/c17-13-8-12(15-10-6-7-21(19,20)9-10)14(18)16(13)11-4-2-1-3-5-11/h1-5,10,12,15H,6-9H2/t10-,12-/m1/s1. The average Bonchev–Trinajstić information content (AvgIpc) is 2.91. The summed E-state index contributed by atoms with van der Waals surface area (Å²) in [5.74, 6) is -0.391. The number of carbonyl (C=O) groups is 2. The van der Waals surface area contributed by atoms with Crippen molar-refractivity contribution < 1.29 is 18.0 Å². The minimum absolute atomic E-state index is 0.0380. The minimum atomic E-state index is -3.01. The molecule has 1 N–H and O–H groups in total. The molecule has 1 aromatic rings. The van der Waals surface area contributed by atoms with Gasteiger partial charge >= 0.3 is 0 Å². The van der Waals surface area contributed by atoms with E-state index >= 15 is 0 Å². The van der Waals surface area contributed by atoms with Crippen LogP contribution in [-0.4, -0.2) is 43.8 Å². The largest absolute Gasteiger partial charge is 0.302 e. The van der Waals surface area contributed by atoms with Gasteiger partial charge in [0.1, 0.15) is 0 Å². The highest BCUT2D eigenvalue weighted by Crippen LogP contribution is 2.23. The molecule has 2 aliphatic heterocycles. The molecule has 0 unspecified atom stereocenters. The highest BCUT2D eigenvalue weighted by Gasteiger charge is 2.41. The van der Waals surface area contributed by atoms with E-state index in [0.29, 0.717) is 12.1 Å². The van der Waals surface area contributed by atoms with E-state index in [-0.39, 0.29) is 35.8 Å². The summed E-state index contributed by atoms with van der Waals surface area (Å²) in [6, 6.07) is 7.88. The summed E-state index contributed by atoms with van der Waals surface area (Å²) in [7, 11) is -3.01. The van der Waals surface area contributed by atoms with Crippen LogP contribution < -0.4 is 10.2 Å². The van der Waals surface area contributed by atoms with Crippen LogP contribution in [0.4, 0.5) is 5.69 Å². The highest BCUT2D eigenvalue weighted by molar-refractivity contribution is 7.91. The summed E-state index contributed by atoms with van der Waals surface area (Å²) in [5.41, 5.74) is 0.552. The lowest BCUT2D eigenvalue weighted by Gasteiger charge is -2.17. The highest BCUT2D eigenvalue weighted by atomic mass is 32.2. The van der Waals surface area contributed by atoms with Gasteiger partial charge in [-0.25, -0.2) is 13.3 Å². The molecule has 3 rings (SSSR count). The lowest BCUT2D eigenvalue weighted by molar-refractivity contribution is -0.121. The second kappa shape index (κ2) is 5.23. The van der Waals surface area contributed by atoms with Crippen LogP contribution in [0, 0.1) is 0 Å². The maximum atomic E-state index is 12.4. The second-order valence-electron chi connectivity index (χ2n) is 5.43. The van der Waals surface area contributed by atoms with Gasteiger partial charge in [0.25, 0.3) is 5.91 Å². The van der Waals surface area contributed by atoms with E-state index in [0.717, 1.165) is 0 Å². The molecule has 2 saturated heterocycles. The first kappa shape index (κ1) is 14.2. The van der Waals surface area contributed by atoms with Crippen molar-refractivity contribution in [2.75, 3.05) is 16.4 Å². The van der Waals surface area contributed by atoms with Crippen LogP contribution in [0.2, 0.25) is 0 Å². The zero-order chi connectivity index (χ0) is 15.0. The molecule has 0 spiro atoms. The number of anilines is 1. The molecule has 1 aromatic carbocycles. The molecule has 2 heterocycles. The number of sulfone groups is 1. The fourth-order valence-electron chi connectivity index (χ4n) is 2.82. The van der Waals surface area contributed by atoms with Crippen molar-refractivity contribution in [2.45, 2.75) is 24.9 Å². The molecular weight excluding hydrogens is 292 g/mol. The first-order valence-corrected chi connectivity index (χ1v) is 8.67. The van der Waals surface area contributed by atoms with Crippen molar-refractivity contribution in [1.82, 2.24) is 5.32 Å². The van der Waals surface area contributed by atoms with Crippen LogP contribution in [0.1, 0.15) is 12.8 Å². The Labute approximate surface area is 123 Å². The van der Waals surface area contributed by atoms with Gasteiger partial charge < -0.3 is 5.32 Å². The van der Waals surface area contributed by atoms with Gasteiger partial charge in [0.15, 0.2) is 9.84 Å². The van der Waals surface area contributed by atoms with E-state index < -0.39 is 15.9 Å². The Kier molecular flexibility index (Phi) is 3.54. The van der Waals surface area contributed by atoms with Gasteiger partial charge in [-0.1, -0.05) is 18.2 Å². The normalized spacial score (nSPS) is 28.3. The third kappa shape index (κ3) is 2.84. The van der Waals surface area contributed by atoms with E-state index in [4.69, 9.17) is 0 Å². The fraction of sp³-hybridized carbons (Fsp3) is 0.429. The maximum Gasteiger partial charge on any atom is 0.251 e. The second-order valence-corrected chi connectivity index (χ2v) is 7.65. The van der Waals surface area contributed by atoms with E-state index in [1.54, 1.807) is 24.3 Å². The number of rotatable bonds is 3. The minimum Gasteiger partial charge on any atom is -0.302 e. The van der Waals surface area contributed by atoms with Gasteiger partial charge in [0.05, 0.1) is 29.7 Å². The van der Waals surface area contributed by atoms with Crippen LogP contribution in [0.5, 0.6) is 0 Å². The van der Waals surface area contributed by atoms with Gasteiger partial charge in [0, 0.05) is 6.04 Å². The van der Waals surface area contributed by atoms with Crippen LogP contribution in [0.15, 0.2) is 30.3 Å². The zero-order valence-corrected chi connectivity index (χ0v) is 12.2. The molecule has 0 aliphatic carbocycles. The fourth-order valence-corrected chi connectivity index (χ4v) is 4.51. The average molecular weight is 308 g/mol. The van der Waals surface area contributed by atoms with Gasteiger partial charge in [-0.3, -0.25) is 9.59 Å². The van der Waals surface area contributed by atoms with Gasteiger partial charge in [-0.15, -0.1) is 0 Å². The van der Waals surface area contributed by atoms with E-state index in [9.17, 15) is 18.0 Å². The first-order valence-electron chi connectivity index (χ1n) is 6.84. The third-order valence-corrected chi connectivity index (χ3v) is 5.60. The molecule has 112 valence electrons. The zero-order valence-electron chi connectivity index (χ0n) is 11.4. The van der Waals surface area contributed by atoms with Crippen LogP contribution in [0.3, 0.4) is 0 Å². The summed E-state index contributed by atoms with van der Waals surface area (Å²) in [6.07, 6.45) is 0.565. The number of amides is 2. The van der Waals surface area contributed by atoms with Crippen molar-refractivity contribution in [3.63, 3.8) is 0 Å². The van der Waals surface area contributed by atoms with E-state index in [2.05, 4.69) is 5.32 Å². The first-order chi connectivity index (χ1) is 9.96. The molecule has 2 fully saturated rings. The molecule has 21 heavy (non-hydrogen) atoms. The van der Waals surface area contributed by atoms with Crippen molar-refractivity contribution in [3.05, 3.63) is 30.3 Å². The Hall–Kier alpha value is -1.73. The number of imide groups is 1. The molecule has 0 radical (unpaired) electrons. The van der Waals surface area contributed by atoms with Crippen LogP contribution >= 0.6 is 0 Å². The van der Waals surface area contributed by atoms with Gasteiger partial charge in [0.2, 0.25) is 5.91 Å². The molecule has 7 heteroatoms. The molecule has 2 aliphatic rings. The third-order valence-electron chi connectivity index (χ3n) is 3.83. The Bertz CT molecular complexity index is 671. The summed E-state index contributed by atoms with van der Waals surface area (Å²) in [6.45, 7) is 0. The van der Waals surface area contributed by atoms with E-state index in [1.165, 1.54) is 4.90 Å². The van der Waals surface area contributed by atoms with Crippen molar-refractivity contribution >= 4 is 27.3 Å². The van der Waals surface area contributed by atoms with Crippen LogP contribution in [0.25, 0.3) is 0 Å². The summed E-state index contributed by atoms with van der Waals surface area (Å²) >= 11 is 0. The van der Waals surface area contributed by atoms with Crippen molar-refractivity contribution in [3.8, 4) is 0 Å². The monoisotopic (exact) mass is 308 g/mol. The SMILES string of the molecule is O=C1C[C@@H](N[C@@H]2CCS(=O)(=O)C2)C(=O)N1c1ccccc1. The van der Waals surface area contributed by atoms with Gasteiger partial charge in [-0.05, 0) is 18.6 Å². The topological polar surface area (TPSA) is 83.5 Å². The molecular formula is C14H16N2O4S. The molecule has 0 bridgehead atoms. The molecule has 2 atom stereocenters. The Morgan fingerprint density at radius 3 is 2.48 bits per heavy atom.